The van der Waals surface area contributed by atoms with Gasteiger partial charge in [0.2, 0.25) is 10.0 Å². The van der Waals surface area contributed by atoms with Crippen molar-refractivity contribution in [3.63, 3.8) is 0 Å². The molecule has 118 valence electrons. The summed E-state index contributed by atoms with van der Waals surface area (Å²) in [7, 11) is -4.07. The summed E-state index contributed by atoms with van der Waals surface area (Å²) in [5.41, 5.74) is 4.79. The van der Waals surface area contributed by atoms with Crippen LogP contribution in [0.3, 0.4) is 0 Å². The molecule has 5 nitrogen and oxygen atoms in total. The minimum atomic E-state index is -4.07. The van der Waals surface area contributed by atoms with Crippen LogP contribution < -0.4 is 10.5 Å². The van der Waals surface area contributed by atoms with E-state index in [9.17, 15) is 17.9 Å². The van der Waals surface area contributed by atoms with Crippen molar-refractivity contribution in [3.8, 4) is 0 Å². The molecule has 0 heterocycles. The summed E-state index contributed by atoms with van der Waals surface area (Å²) in [5, 5.41) is 9.62. The number of nitrogens with one attached hydrogen (secondary N) is 1. The largest absolute Gasteiger partial charge is 0.399 e. The van der Waals surface area contributed by atoms with Gasteiger partial charge in [0.25, 0.3) is 0 Å². The number of rotatable bonds is 4. The van der Waals surface area contributed by atoms with Crippen LogP contribution in [0.4, 0.5) is 10.1 Å². The van der Waals surface area contributed by atoms with Gasteiger partial charge in [0.15, 0.2) is 0 Å². The lowest BCUT2D eigenvalue weighted by molar-refractivity contribution is 0.125. The van der Waals surface area contributed by atoms with Crippen molar-refractivity contribution in [3.05, 3.63) is 24.0 Å². The molecule has 0 aliphatic heterocycles. The lowest BCUT2D eigenvalue weighted by Crippen LogP contribution is -2.53. The highest BCUT2D eigenvalue weighted by molar-refractivity contribution is 7.89. The van der Waals surface area contributed by atoms with Crippen LogP contribution in [0.15, 0.2) is 23.1 Å². The second-order valence-corrected chi connectivity index (χ2v) is 7.57. The van der Waals surface area contributed by atoms with Gasteiger partial charge in [-0.15, -0.1) is 0 Å². The quantitative estimate of drug-likeness (QED) is 0.736. The fourth-order valence-electron chi connectivity index (χ4n) is 2.67. The molecule has 1 saturated carbocycles. The Morgan fingerprint density at radius 3 is 2.62 bits per heavy atom. The number of nitrogens with two attached hydrogens (primary N) is 1. The topological polar surface area (TPSA) is 92.4 Å². The summed E-state index contributed by atoms with van der Waals surface area (Å²) in [6.45, 7) is 1.79. The Labute approximate surface area is 124 Å². The Kier molecular flexibility index (Phi) is 4.55. The monoisotopic (exact) mass is 316 g/mol. The maximum Gasteiger partial charge on any atom is 0.244 e. The number of benzene rings is 1. The number of aliphatic hydroxyl groups is 1. The molecule has 1 aromatic rings. The molecule has 21 heavy (non-hydrogen) atoms. The zero-order valence-corrected chi connectivity index (χ0v) is 12.8. The Morgan fingerprint density at radius 1 is 1.43 bits per heavy atom. The third-order valence-electron chi connectivity index (χ3n) is 4.13. The van der Waals surface area contributed by atoms with Crippen molar-refractivity contribution in [2.24, 2.45) is 5.92 Å². The second-order valence-electron chi connectivity index (χ2n) is 5.92. The number of aliphatic hydroxyl groups excluding tert-OH is 1. The Balaban J connectivity index is 2.29. The normalized spacial score (nSPS) is 26.7. The fourth-order valence-corrected chi connectivity index (χ4v) is 4.24. The van der Waals surface area contributed by atoms with Crippen LogP contribution in [-0.4, -0.2) is 25.7 Å². The van der Waals surface area contributed by atoms with E-state index in [1.807, 2.05) is 0 Å². The minimum Gasteiger partial charge on any atom is -0.399 e. The molecular weight excluding hydrogens is 295 g/mol. The van der Waals surface area contributed by atoms with Gasteiger partial charge < -0.3 is 10.8 Å². The van der Waals surface area contributed by atoms with Crippen molar-refractivity contribution in [1.82, 2.24) is 4.72 Å². The highest BCUT2D eigenvalue weighted by Gasteiger charge is 2.38. The van der Waals surface area contributed by atoms with Crippen LogP contribution in [-0.2, 0) is 10.0 Å². The van der Waals surface area contributed by atoms with Crippen LogP contribution in [0.2, 0.25) is 0 Å². The third kappa shape index (κ3) is 3.53. The summed E-state index contributed by atoms with van der Waals surface area (Å²) in [6, 6.07) is 3.42. The van der Waals surface area contributed by atoms with Gasteiger partial charge >= 0.3 is 0 Å². The van der Waals surface area contributed by atoms with E-state index >= 15 is 0 Å². The van der Waals surface area contributed by atoms with Crippen molar-refractivity contribution >= 4 is 15.7 Å². The van der Waals surface area contributed by atoms with Crippen molar-refractivity contribution in [1.29, 1.82) is 0 Å². The third-order valence-corrected chi connectivity index (χ3v) is 5.72. The van der Waals surface area contributed by atoms with Crippen molar-refractivity contribution in [2.45, 2.75) is 43.0 Å². The molecule has 1 aliphatic rings. The molecule has 0 unspecified atom stereocenters. The van der Waals surface area contributed by atoms with E-state index in [0.29, 0.717) is 18.8 Å². The van der Waals surface area contributed by atoms with E-state index < -0.39 is 26.3 Å². The minimum absolute atomic E-state index is 0.173. The maximum absolute atomic E-state index is 13.8. The van der Waals surface area contributed by atoms with Gasteiger partial charge in [-0.1, -0.05) is 6.92 Å². The first-order chi connectivity index (χ1) is 9.78. The van der Waals surface area contributed by atoms with E-state index in [-0.39, 0.29) is 12.3 Å². The second kappa shape index (κ2) is 5.90. The molecule has 0 bridgehead atoms. The average Bonchev–Trinajstić information content (AvgIpc) is 2.44. The van der Waals surface area contributed by atoms with E-state index in [1.54, 1.807) is 0 Å². The lowest BCUT2D eigenvalue weighted by atomic mass is 9.78. The Morgan fingerprint density at radius 2 is 2.05 bits per heavy atom. The number of halogens is 1. The summed E-state index contributed by atoms with van der Waals surface area (Å²) in [4.78, 5) is -0.478. The molecule has 4 N–H and O–H groups in total. The zero-order chi connectivity index (χ0) is 15.7. The summed E-state index contributed by atoms with van der Waals surface area (Å²) >= 11 is 0. The number of hydrogen-bond acceptors (Lipinski definition) is 4. The zero-order valence-electron chi connectivity index (χ0n) is 12.0. The van der Waals surface area contributed by atoms with Crippen molar-refractivity contribution < 1.29 is 17.9 Å². The molecule has 0 spiro atoms. The number of hydrogen-bond donors (Lipinski definition) is 3. The molecule has 1 fully saturated rings. The van der Waals surface area contributed by atoms with Gasteiger partial charge in [0.1, 0.15) is 10.7 Å². The lowest BCUT2D eigenvalue weighted by Gasteiger charge is -2.38. The van der Waals surface area contributed by atoms with Gasteiger partial charge in [-0.3, -0.25) is 0 Å². The van der Waals surface area contributed by atoms with E-state index in [4.69, 9.17) is 5.73 Å². The van der Waals surface area contributed by atoms with Crippen LogP contribution in [0.5, 0.6) is 0 Å². The van der Waals surface area contributed by atoms with Gasteiger partial charge in [0, 0.05) is 5.69 Å². The molecule has 0 saturated heterocycles. The molecule has 0 radical (unpaired) electrons. The highest BCUT2D eigenvalue weighted by atomic mass is 32.2. The predicted octanol–water partition coefficient (Wildman–Crippen LogP) is 1.63. The molecule has 1 aromatic carbocycles. The number of anilines is 1. The smallest absolute Gasteiger partial charge is 0.244 e. The molecule has 0 amide bonds. The summed E-state index contributed by atoms with van der Waals surface area (Å²) < 4.78 is 41.1. The predicted molar refractivity (Wildman–Crippen MR) is 78.6 cm³/mol. The SMILES string of the molecule is CC1CCC(CO)(NS(=O)(=O)c2cc(N)ccc2F)CC1. The van der Waals surface area contributed by atoms with Gasteiger partial charge in [0.05, 0.1) is 12.1 Å². The van der Waals surface area contributed by atoms with E-state index in [1.165, 1.54) is 6.07 Å². The highest BCUT2D eigenvalue weighted by Crippen LogP contribution is 2.33. The van der Waals surface area contributed by atoms with Crippen LogP contribution >= 0.6 is 0 Å². The number of nitrogen functional groups attached to an aromatic ring is 1. The Hall–Kier alpha value is -1.18. The van der Waals surface area contributed by atoms with Gasteiger partial charge in [-0.05, 0) is 49.8 Å². The maximum atomic E-state index is 13.8. The van der Waals surface area contributed by atoms with Crippen molar-refractivity contribution in [2.75, 3.05) is 12.3 Å². The van der Waals surface area contributed by atoms with Crippen LogP contribution in [0.25, 0.3) is 0 Å². The standard InChI is InChI=1S/C14H21FN2O3S/c1-10-4-6-14(9-18,7-5-10)17-21(19,20)13-8-11(16)2-3-12(13)15/h2-3,8,10,17-18H,4-7,9,16H2,1H3. The van der Waals surface area contributed by atoms with Gasteiger partial charge in [-0.25, -0.2) is 17.5 Å². The summed E-state index contributed by atoms with van der Waals surface area (Å²) in [5.74, 6) is -0.354. The molecular formula is C14H21FN2O3S. The van der Waals surface area contributed by atoms with E-state index in [0.717, 1.165) is 25.0 Å². The van der Waals surface area contributed by atoms with Crippen LogP contribution in [0.1, 0.15) is 32.6 Å². The van der Waals surface area contributed by atoms with Gasteiger partial charge in [-0.2, -0.15) is 0 Å². The molecule has 1 aliphatic carbocycles. The summed E-state index contributed by atoms with van der Waals surface area (Å²) in [6.07, 6.45) is 2.71. The first-order valence-electron chi connectivity index (χ1n) is 6.98. The molecule has 2 rings (SSSR count). The number of sulfonamides is 1. The van der Waals surface area contributed by atoms with Crippen LogP contribution in [0, 0.1) is 11.7 Å². The Bertz CT molecular complexity index is 611. The van der Waals surface area contributed by atoms with E-state index in [2.05, 4.69) is 11.6 Å². The first kappa shape index (κ1) is 16.2. The molecule has 7 heteroatoms. The average molecular weight is 316 g/mol. The fraction of sp³-hybridized carbons (Fsp3) is 0.571. The first-order valence-corrected chi connectivity index (χ1v) is 8.46. The molecule has 0 aromatic heterocycles. The molecule has 0 atom stereocenters.